The van der Waals surface area contributed by atoms with Gasteiger partial charge in [-0.05, 0) is 6.92 Å². The second-order valence-electron chi connectivity index (χ2n) is 3.50. The van der Waals surface area contributed by atoms with Gasteiger partial charge in [0, 0.05) is 6.54 Å². The van der Waals surface area contributed by atoms with E-state index in [4.69, 9.17) is 5.11 Å². The molecular weight excluding hydrogens is 240 g/mol. The van der Waals surface area contributed by atoms with E-state index in [1.165, 1.54) is 6.08 Å². The first-order valence-electron chi connectivity index (χ1n) is 5.16. The predicted octanol–water partition coefficient (Wildman–Crippen LogP) is -0.457. The smallest absolute Gasteiger partial charge is 0.323 e. The summed E-state index contributed by atoms with van der Waals surface area (Å²) in [5, 5.41) is 24.3. The Bertz CT molecular complexity index is 418. The van der Waals surface area contributed by atoms with Crippen LogP contribution in [0.5, 0.6) is 0 Å². The van der Waals surface area contributed by atoms with Gasteiger partial charge in [-0.25, -0.2) is 4.79 Å². The number of carboxylic acid groups (broad SMARTS) is 1. The molecule has 9 nitrogen and oxygen atoms in total. The zero-order valence-electron chi connectivity index (χ0n) is 9.83. The van der Waals surface area contributed by atoms with Crippen molar-refractivity contribution in [3.05, 3.63) is 18.5 Å². The van der Waals surface area contributed by atoms with Gasteiger partial charge < -0.3 is 15.3 Å². The van der Waals surface area contributed by atoms with Crippen LogP contribution in [-0.2, 0) is 4.79 Å². The number of nitrogens with zero attached hydrogens (tertiary/aromatic N) is 4. The normalized spacial score (nSPS) is 11.6. The number of amides is 2. The van der Waals surface area contributed by atoms with Crippen molar-refractivity contribution in [1.82, 2.24) is 30.8 Å². The molecule has 0 saturated heterocycles. The Morgan fingerprint density at radius 2 is 2.39 bits per heavy atom. The molecule has 9 heteroatoms. The van der Waals surface area contributed by atoms with Crippen molar-refractivity contribution in [3.63, 3.8) is 0 Å². The molecule has 3 N–H and O–H groups in total. The molecule has 1 aromatic heterocycles. The summed E-state index contributed by atoms with van der Waals surface area (Å²) in [6.07, 6.45) is 1.45. The molecule has 1 atom stereocenters. The van der Waals surface area contributed by atoms with Crippen molar-refractivity contribution >= 4 is 12.0 Å². The SMILES string of the molecule is C=CCN(CC(=O)O)C(=O)NC(C)c1nn[nH]n1. The van der Waals surface area contributed by atoms with Crippen LogP contribution in [0, 0.1) is 0 Å². The third-order valence-corrected chi connectivity index (χ3v) is 2.05. The third-order valence-electron chi connectivity index (χ3n) is 2.05. The molecule has 0 radical (unpaired) electrons. The average Bonchev–Trinajstić information content (AvgIpc) is 2.81. The number of hydrogen-bond acceptors (Lipinski definition) is 5. The van der Waals surface area contributed by atoms with E-state index in [2.05, 4.69) is 32.5 Å². The number of aromatic nitrogens is 4. The Morgan fingerprint density at radius 1 is 1.67 bits per heavy atom. The summed E-state index contributed by atoms with van der Waals surface area (Å²) < 4.78 is 0. The first kappa shape index (κ1) is 13.6. The molecule has 2 amide bonds. The standard InChI is InChI=1S/C9H14N6O3/c1-3-4-15(5-7(16)17)9(18)10-6(2)8-11-13-14-12-8/h3,6H,1,4-5H2,2H3,(H,10,18)(H,16,17)(H,11,12,13,14). The van der Waals surface area contributed by atoms with E-state index in [-0.39, 0.29) is 6.54 Å². The lowest BCUT2D eigenvalue weighted by molar-refractivity contribution is -0.137. The zero-order chi connectivity index (χ0) is 13.5. The minimum atomic E-state index is -1.10. The van der Waals surface area contributed by atoms with Crippen molar-refractivity contribution < 1.29 is 14.7 Å². The van der Waals surface area contributed by atoms with E-state index in [0.717, 1.165) is 4.90 Å². The number of hydrogen-bond donors (Lipinski definition) is 3. The van der Waals surface area contributed by atoms with Gasteiger partial charge >= 0.3 is 12.0 Å². The molecule has 1 aromatic rings. The summed E-state index contributed by atoms with van der Waals surface area (Å²) in [5.41, 5.74) is 0. The molecule has 0 spiro atoms. The van der Waals surface area contributed by atoms with Crippen LogP contribution in [-0.4, -0.2) is 55.7 Å². The quantitative estimate of drug-likeness (QED) is 0.590. The van der Waals surface area contributed by atoms with E-state index in [1.807, 2.05) is 0 Å². The monoisotopic (exact) mass is 254 g/mol. The minimum Gasteiger partial charge on any atom is -0.480 e. The van der Waals surface area contributed by atoms with E-state index >= 15 is 0 Å². The summed E-state index contributed by atoms with van der Waals surface area (Å²) >= 11 is 0. The number of aliphatic carboxylic acids is 1. The molecule has 0 fully saturated rings. The number of carboxylic acids is 1. The van der Waals surface area contributed by atoms with Crippen LogP contribution >= 0.6 is 0 Å². The van der Waals surface area contributed by atoms with Gasteiger partial charge in [-0.3, -0.25) is 4.79 Å². The fourth-order valence-corrected chi connectivity index (χ4v) is 1.23. The first-order valence-corrected chi connectivity index (χ1v) is 5.16. The Kier molecular flexibility index (Phi) is 4.78. The molecule has 18 heavy (non-hydrogen) atoms. The number of tetrazole rings is 1. The number of nitrogens with one attached hydrogen (secondary N) is 2. The van der Waals surface area contributed by atoms with Gasteiger partial charge in [0.05, 0.1) is 6.04 Å². The predicted molar refractivity (Wildman–Crippen MR) is 60.5 cm³/mol. The van der Waals surface area contributed by atoms with Gasteiger partial charge in [0.2, 0.25) is 0 Å². The van der Waals surface area contributed by atoms with Crippen LogP contribution in [0.1, 0.15) is 18.8 Å². The topological polar surface area (TPSA) is 124 Å². The van der Waals surface area contributed by atoms with Gasteiger partial charge in [0.15, 0.2) is 5.82 Å². The highest BCUT2D eigenvalue weighted by molar-refractivity contribution is 5.80. The van der Waals surface area contributed by atoms with Crippen molar-refractivity contribution in [1.29, 1.82) is 0 Å². The highest BCUT2D eigenvalue weighted by atomic mass is 16.4. The summed E-state index contributed by atoms with van der Waals surface area (Å²) in [7, 11) is 0. The van der Waals surface area contributed by atoms with E-state index < -0.39 is 24.6 Å². The lowest BCUT2D eigenvalue weighted by Gasteiger charge is -2.21. The summed E-state index contributed by atoms with van der Waals surface area (Å²) in [6.45, 7) is 4.86. The average molecular weight is 254 g/mol. The van der Waals surface area contributed by atoms with Crippen molar-refractivity contribution in [2.24, 2.45) is 0 Å². The summed E-state index contributed by atoms with van der Waals surface area (Å²) in [4.78, 5) is 23.5. The number of aromatic amines is 1. The number of urea groups is 1. The van der Waals surface area contributed by atoms with Gasteiger partial charge in [0.25, 0.3) is 0 Å². The van der Waals surface area contributed by atoms with E-state index in [1.54, 1.807) is 6.92 Å². The third kappa shape index (κ3) is 3.85. The maximum Gasteiger partial charge on any atom is 0.323 e. The fraction of sp³-hybridized carbons (Fsp3) is 0.444. The molecule has 0 aliphatic heterocycles. The molecule has 1 unspecified atom stereocenters. The van der Waals surface area contributed by atoms with Crippen LogP contribution in [0.15, 0.2) is 12.7 Å². The molecule has 0 saturated carbocycles. The second-order valence-corrected chi connectivity index (χ2v) is 3.50. The molecule has 0 aromatic carbocycles. The largest absolute Gasteiger partial charge is 0.480 e. The van der Waals surface area contributed by atoms with Crippen LogP contribution in [0.2, 0.25) is 0 Å². The Morgan fingerprint density at radius 3 is 2.89 bits per heavy atom. The van der Waals surface area contributed by atoms with Gasteiger partial charge in [0.1, 0.15) is 6.54 Å². The van der Waals surface area contributed by atoms with Gasteiger partial charge in [-0.2, -0.15) is 5.21 Å². The van der Waals surface area contributed by atoms with Crippen LogP contribution in [0.25, 0.3) is 0 Å². The van der Waals surface area contributed by atoms with E-state index in [0.29, 0.717) is 5.82 Å². The Balaban J connectivity index is 2.60. The maximum absolute atomic E-state index is 11.8. The second kappa shape index (κ2) is 6.33. The van der Waals surface area contributed by atoms with Crippen molar-refractivity contribution in [3.8, 4) is 0 Å². The van der Waals surface area contributed by atoms with Crippen molar-refractivity contribution in [2.45, 2.75) is 13.0 Å². The van der Waals surface area contributed by atoms with Crippen LogP contribution in [0.3, 0.4) is 0 Å². The fourth-order valence-electron chi connectivity index (χ4n) is 1.23. The molecule has 1 rings (SSSR count). The van der Waals surface area contributed by atoms with Gasteiger partial charge in [-0.15, -0.1) is 16.8 Å². The summed E-state index contributed by atoms with van der Waals surface area (Å²) in [5.74, 6) is -0.781. The molecule has 0 aliphatic rings. The Hall–Kier alpha value is -2.45. The molecule has 98 valence electrons. The summed E-state index contributed by atoms with van der Waals surface area (Å²) in [6, 6.07) is -1.01. The van der Waals surface area contributed by atoms with E-state index in [9.17, 15) is 9.59 Å². The minimum absolute atomic E-state index is 0.136. The highest BCUT2D eigenvalue weighted by Gasteiger charge is 2.19. The number of H-pyrrole nitrogens is 1. The number of rotatable bonds is 6. The molecule has 0 bridgehead atoms. The highest BCUT2D eigenvalue weighted by Crippen LogP contribution is 2.04. The number of carbonyl (C=O) groups excluding carboxylic acids is 1. The molecule has 0 aliphatic carbocycles. The Labute approximate surface area is 103 Å². The van der Waals surface area contributed by atoms with Crippen LogP contribution in [0.4, 0.5) is 4.79 Å². The van der Waals surface area contributed by atoms with Gasteiger partial charge in [-0.1, -0.05) is 11.3 Å². The zero-order valence-corrected chi connectivity index (χ0v) is 9.83. The molecular formula is C9H14N6O3. The lowest BCUT2D eigenvalue weighted by Crippen LogP contribution is -2.43. The van der Waals surface area contributed by atoms with Crippen LogP contribution < -0.4 is 5.32 Å². The molecule has 1 heterocycles. The lowest BCUT2D eigenvalue weighted by atomic mass is 10.3. The number of carbonyl (C=O) groups is 2. The first-order chi connectivity index (χ1) is 8.54. The van der Waals surface area contributed by atoms with Crippen molar-refractivity contribution in [2.75, 3.05) is 13.1 Å². The maximum atomic E-state index is 11.8.